The van der Waals surface area contributed by atoms with E-state index in [2.05, 4.69) is 37.6 Å². The van der Waals surface area contributed by atoms with Crippen molar-refractivity contribution in [2.45, 2.75) is 39.7 Å². The Hall–Kier alpha value is -0.120. The van der Waals surface area contributed by atoms with Gasteiger partial charge in [0, 0.05) is 19.1 Å². The predicted molar refractivity (Wildman–Crippen MR) is 70.6 cm³/mol. The van der Waals surface area contributed by atoms with Crippen molar-refractivity contribution in [3.05, 3.63) is 0 Å². The first kappa shape index (κ1) is 13.9. The van der Waals surface area contributed by atoms with Crippen LogP contribution in [-0.4, -0.2) is 55.6 Å². The van der Waals surface area contributed by atoms with Gasteiger partial charge in [-0.15, -0.1) is 0 Å². The van der Waals surface area contributed by atoms with Crippen molar-refractivity contribution in [2.75, 3.05) is 39.8 Å². The van der Waals surface area contributed by atoms with Gasteiger partial charge in [-0.3, -0.25) is 4.90 Å². The minimum Gasteiger partial charge on any atom is -0.330 e. The zero-order valence-corrected chi connectivity index (χ0v) is 11.5. The van der Waals surface area contributed by atoms with Crippen LogP contribution >= 0.6 is 0 Å². The molecule has 0 aliphatic carbocycles. The first-order valence-corrected chi connectivity index (χ1v) is 6.61. The summed E-state index contributed by atoms with van der Waals surface area (Å²) in [6, 6.07) is 0.746. The molecule has 0 spiro atoms. The van der Waals surface area contributed by atoms with Gasteiger partial charge in [-0.1, -0.05) is 20.8 Å². The van der Waals surface area contributed by atoms with Crippen molar-refractivity contribution in [1.82, 2.24) is 9.80 Å². The summed E-state index contributed by atoms with van der Waals surface area (Å²) < 4.78 is 0. The van der Waals surface area contributed by atoms with Crippen LogP contribution in [0.25, 0.3) is 0 Å². The Labute approximate surface area is 101 Å². The van der Waals surface area contributed by atoms with E-state index in [1.807, 2.05) is 0 Å². The molecular formula is C13H29N3. The lowest BCUT2D eigenvalue weighted by molar-refractivity contribution is 0.134. The summed E-state index contributed by atoms with van der Waals surface area (Å²) in [4.78, 5) is 5.08. The fraction of sp³-hybridized carbons (Fsp3) is 1.00. The molecule has 0 bridgehead atoms. The van der Waals surface area contributed by atoms with Crippen LogP contribution in [0, 0.1) is 5.41 Å². The molecule has 1 saturated heterocycles. The SMILES string of the molecule is CCCN(CC(C)(C)CN)C1CCN(C)C1. The maximum atomic E-state index is 5.84. The lowest BCUT2D eigenvalue weighted by Gasteiger charge is -2.35. The van der Waals surface area contributed by atoms with Crippen LogP contribution in [0.5, 0.6) is 0 Å². The Bertz CT molecular complexity index is 203. The van der Waals surface area contributed by atoms with Crippen LogP contribution in [0.1, 0.15) is 33.6 Å². The molecule has 1 fully saturated rings. The quantitative estimate of drug-likeness (QED) is 0.744. The van der Waals surface area contributed by atoms with Gasteiger partial charge in [-0.05, 0) is 44.9 Å². The second-order valence-electron chi connectivity index (χ2n) is 6.04. The van der Waals surface area contributed by atoms with E-state index < -0.39 is 0 Å². The third kappa shape index (κ3) is 4.04. The number of likely N-dealkylation sites (tertiary alicyclic amines) is 1. The Balaban J connectivity index is 2.53. The number of nitrogens with two attached hydrogens (primary N) is 1. The predicted octanol–water partition coefficient (Wildman–Crippen LogP) is 1.39. The number of hydrogen-bond acceptors (Lipinski definition) is 3. The highest BCUT2D eigenvalue weighted by Crippen LogP contribution is 2.21. The minimum atomic E-state index is 0.246. The highest BCUT2D eigenvalue weighted by Gasteiger charge is 2.29. The molecule has 1 aliphatic heterocycles. The smallest absolute Gasteiger partial charge is 0.0235 e. The van der Waals surface area contributed by atoms with Gasteiger partial charge in [0.2, 0.25) is 0 Å². The van der Waals surface area contributed by atoms with E-state index in [0.717, 1.165) is 19.1 Å². The molecule has 1 aliphatic rings. The minimum absolute atomic E-state index is 0.246. The Morgan fingerprint density at radius 3 is 2.56 bits per heavy atom. The largest absolute Gasteiger partial charge is 0.330 e. The van der Waals surface area contributed by atoms with E-state index >= 15 is 0 Å². The summed E-state index contributed by atoms with van der Waals surface area (Å²) >= 11 is 0. The second-order valence-corrected chi connectivity index (χ2v) is 6.04. The number of likely N-dealkylation sites (N-methyl/N-ethyl adjacent to an activating group) is 1. The monoisotopic (exact) mass is 227 g/mol. The van der Waals surface area contributed by atoms with Crippen LogP contribution in [0.4, 0.5) is 0 Å². The molecule has 0 aromatic rings. The standard InChI is InChI=1S/C13H29N3/c1-5-7-16(11-13(2,3)10-14)12-6-8-15(4)9-12/h12H,5-11,14H2,1-4H3. The summed E-state index contributed by atoms with van der Waals surface area (Å²) in [5.41, 5.74) is 6.09. The third-order valence-corrected chi connectivity index (χ3v) is 3.58. The van der Waals surface area contributed by atoms with E-state index in [0.29, 0.717) is 0 Å². The summed E-state index contributed by atoms with van der Waals surface area (Å²) in [6.07, 6.45) is 2.55. The maximum absolute atomic E-state index is 5.84. The summed E-state index contributed by atoms with van der Waals surface area (Å²) in [6.45, 7) is 12.4. The number of nitrogens with zero attached hydrogens (tertiary/aromatic N) is 2. The van der Waals surface area contributed by atoms with Crippen LogP contribution in [0.15, 0.2) is 0 Å². The van der Waals surface area contributed by atoms with E-state index in [1.54, 1.807) is 0 Å². The Kier molecular flexibility index (Phi) is 5.22. The van der Waals surface area contributed by atoms with Gasteiger partial charge in [0.05, 0.1) is 0 Å². The highest BCUT2D eigenvalue weighted by molar-refractivity contribution is 4.85. The molecule has 1 unspecified atom stereocenters. The van der Waals surface area contributed by atoms with Crippen molar-refractivity contribution >= 4 is 0 Å². The molecule has 1 rings (SSSR count). The average molecular weight is 227 g/mol. The molecule has 3 heteroatoms. The van der Waals surface area contributed by atoms with Crippen molar-refractivity contribution < 1.29 is 0 Å². The first-order chi connectivity index (χ1) is 7.48. The molecule has 0 aromatic carbocycles. The highest BCUT2D eigenvalue weighted by atomic mass is 15.2. The van der Waals surface area contributed by atoms with Crippen molar-refractivity contribution in [2.24, 2.45) is 11.1 Å². The third-order valence-electron chi connectivity index (χ3n) is 3.58. The normalized spacial score (nSPS) is 23.2. The molecule has 2 N–H and O–H groups in total. The van der Waals surface area contributed by atoms with Gasteiger partial charge >= 0.3 is 0 Å². The van der Waals surface area contributed by atoms with E-state index in [1.165, 1.54) is 32.5 Å². The topological polar surface area (TPSA) is 32.5 Å². The van der Waals surface area contributed by atoms with Gasteiger partial charge in [0.15, 0.2) is 0 Å². The molecule has 0 aromatic heterocycles. The van der Waals surface area contributed by atoms with Crippen molar-refractivity contribution in [3.63, 3.8) is 0 Å². The summed E-state index contributed by atoms with van der Waals surface area (Å²) in [5.74, 6) is 0. The molecule has 0 radical (unpaired) electrons. The molecule has 0 amide bonds. The summed E-state index contributed by atoms with van der Waals surface area (Å²) in [7, 11) is 2.22. The average Bonchev–Trinajstić information content (AvgIpc) is 2.64. The van der Waals surface area contributed by atoms with Crippen molar-refractivity contribution in [1.29, 1.82) is 0 Å². The fourth-order valence-electron chi connectivity index (χ4n) is 2.50. The van der Waals surface area contributed by atoms with E-state index in [9.17, 15) is 0 Å². The fourth-order valence-corrected chi connectivity index (χ4v) is 2.50. The van der Waals surface area contributed by atoms with Crippen LogP contribution < -0.4 is 5.73 Å². The Morgan fingerprint density at radius 1 is 1.44 bits per heavy atom. The van der Waals surface area contributed by atoms with Gasteiger partial charge in [0.25, 0.3) is 0 Å². The van der Waals surface area contributed by atoms with E-state index in [-0.39, 0.29) is 5.41 Å². The van der Waals surface area contributed by atoms with Gasteiger partial charge < -0.3 is 10.6 Å². The van der Waals surface area contributed by atoms with Gasteiger partial charge in [0.1, 0.15) is 0 Å². The van der Waals surface area contributed by atoms with E-state index in [4.69, 9.17) is 5.73 Å². The number of hydrogen-bond donors (Lipinski definition) is 1. The molecule has 3 nitrogen and oxygen atoms in total. The van der Waals surface area contributed by atoms with Gasteiger partial charge in [-0.25, -0.2) is 0 Å². The lowest BCUT2D eigenvalue weighted by atomic mass is 9.92. The molecule has 16 heavy (non-hydrogen) atoms. The van der Waals surface area contributed by atoms with Crippen LogP contribution in [0.2, 0.25) is 0 Å². The molecular weight excluding hydrogens is 198 g/mol. The van der Waals surface area contributed by atoms with Gasteiger partial charge in [-0.2, -0.15) is 0 Å². The van der Waals surface area contributed by atoms with Crippen molar-refractivity contribution in [3.8, 4) is 0 Å². The molecule has 0 saturated carbocycles. The first-order valence-electron chi connectivity index (χ1n) is 6.61. The Morgan fingerprint density at radius 2 is 2.12 bits per heavy atom. The lowest BCUT2D eigenvalue weighted by Crippen LogP contribution is -2.45. The second kappa shape index (κ2) is 5.99. The zero-order chi connectivity index (χ0) is 12.2. The zero-order valence-electron chi connectivity index (χ0n) is 11.5. The molecule has 1 heterocycles. The molecule has 96 valence electrons. The molecule has 1 atom stereocenters. The summed E-state index contributed by atoms with van der Waals surface area (Å²) in [5, 5.41) is 0. The maximum Gasteiger partial charge on any atom is 0.0235 e. The number of rotatable bonds is 6. The van der Waals surface area contributed by atoms with Crippen LogP contribution in [-0.2, 0) is 0 Å². The van der Waals surface area contributed by atoms with Crippen LogP contribution in [0.3, 0.4) is 0 Å².